The summed E-state index contributed by atoms with van der Waals surface area (Å²) in [5.74, 6) is -0.0965. The lowest BCUT2D eigenvalue weighted by Gasteiger charge is -2.26. The summed E-state index contributed by atoms with van der Waals surface area (Å²) in [6.07, 6.45) is 1.67. The first-order valence-electron chi connectivity index (χ1n) is 12.8. The fourth-order valence-corrected chi connectivity index (χ4v) is 7.20. The first-order chi connectivity index (χ1) is 19.2. The van der Waals surface area contributed by atoms with E-state index >= 15 is 0 Å². The summed E-state index contributed by atoms with van der Waals surface area (Å²) in [5, 5.41) is 10.7. The molecule has 3 aromatic carbocycles. The molecule has 0 saturated carbocycles. The number of benzene rings is 3. The number of carbonyl (C=O) groups excluding carboxylic acids is 1. The summed E-state index contributed by atoms with van der Waals surface area (Å²) in [5.41, 5.74) is 3.68. The molecule has 6 nitrogen and oxygen atoms in total. The van der Waals surface area contributed by atoms with Crippen molar-refractivity contribution >= 4 is 67.6 Å². The van der Waals surface area contributed by atoms with Crippen molar-refractivity contribution in [2.75, 3.05) is 6.61 Å². The van der Waals surface area contributed by atoms with Gasteiger partial charge < -0.3 is 9.84 Å². The summed E-state index contributed by atoms with van der Waals surface area (Å²) in [6.45, 7) is 6.19. The van der Waals surface area contributed by atoms with Crippen molar-refractivity contribution < 1.29 is 14.6 Å². The van der Waals surface area contributed by atoms with Gasteiger partial charge in [-0.25, -0.2) is 9.79 Å². The highest BCUT2D eigenvalue weighted by molar-refractivity contribution is 14.1. The summed E-state index contributed by atoms with van der Waals surface area (Å²) in [4.78, 5) is 33.0. The number of aromatic hydroxyl groups is 1. The number of esters is 1. The minimum Gasteiger partial charge on any atom is -0.506 e. The highest BCUT2D eigenvalue weighted by Gasteiger charge is 2.35. The molecule has 9 heteroatoms. The molecule has 0 amide bonds. The van der Waals surface area contributed by atoms with Crippen LogP contribution in [0, 0.1) is 3.57 Å². The van der Waals surface area contributed by atoms with Crippen LogP contribution >= 0.6 is 49.9 Å². The topological polar surface area (TPSA) is 80.9 Å². The second-order valence-electron chi connectivity index (χ2n) is 9.58. The van der Waals surface area contributed by atoms with Gasteiger partial charge in [0.05, 0.1) is 32.0 Å². The SMILES string of the molecule is CCOC(=O)C1=C(c2ccccc2)N=c2s/c(=C\c3cc(Br)cc(I)c3O)c(=O)n2[C@H]1c1ccc(C(C)C)cc1. The molecule has 1 N–H and O–H groups in total. The molecule has 0 radical (unpaired) electrons. The van der Waals surface area contributed by atoms with E-state index in [1.54, 1.807) is 29.7 Å². The second kappa shape index (κ2) is 11.8. The van der Waals surface area contributed by atoms with Crippen LogP contribution in [0.2, 0.25) is 0 Å². The Labute approximate surface area is 257 Å². The maximum Gasteiger partial charge on any atom is 0.338 e. The molecule has 0 saturated heterocycles. The van der Waals surface area contributed by atoms with E-state index in [-0.39, 0.29) is 17.9 Å². The molecule has 0 aliphatic carbocycles. The zero-order valence-electron chi connectivity index (χ0n) is 22.0. The van der Waals surface area contributed by atoms with E-state index in [4.69, 9.17) is 9.73 Å². The molecule has 0 fully saturated rings. The van der Waals surface area contributed by atoms with Gasteiger partial charge >= 0.3 is 5.97 Å². The number of ether oxygens (including phenoxy) is 1. The lowest BCUT2D eigenvalue weighted by atomic mass is 9.91. The van der Waals surface area contributed by atoms with E-state index in [0.717, 1.165) is 21.2 Å². The van der Waals surface area contributed by atoms with Gasteiger partial charge in [-0.1, -0.05) is 95.7 Å². The summed E-state index contributed by atoms with van der Waals surface area (Å²) in [7, 11) is 0. The monoisotopic (exact) mass is 728 g/mol. The van der Waals surface area contributed by atoms with Crippen LogP contribution in [0.1, 0.15) is 55.0 Å². The van der Waals surface area contributed by atoms with Crippen LogP contribution < -0.4 is 14.9 Å². The summed E-state index contributed by atoms with van der Waals surface area (Å²) >= 11 is 6.75. The van der Waals surface area contributed by atoms with Gasteiger partial charge in [-0.15, -0.1) is 0 Å². The van der Waals surface area contributed by atoms with Crippen molar-refractivity contribution in [2.45, 2.75) is 32.7 Å². The number of rotatable bonds is 6. The predicted molar refractivity (Wildman–Crippen MR) is 170 cm³/mol. The van der Waals surface area contributed by atoms with Crippen molar-refractivity contribution in [3.63, 3.8) is 0 Å². The Hall–Kier alpha value is -3.02. The van der Waals surface area contributed by atoms with Gasteiger partial charge in [0.2, 0.25) is 0 Å². The van der Waals surface area contributed by atoms with E-state index in [2.05, 4.69) is 52.4 Å². The molecule has 40 heavy (non-hydrogen) atoms. The van der Waals surface area contributed by atoms with Gasteiger partial charge in [0.25, 0.3) is 5.56 Å². The number of phenols is 1. The van der Waals surface area contributed by atoms with E-state index in [1.807, 2.05) is 54.6 Å². The number of carbonyl (C=O) groups is 1. The Kier molecular flexibility index (Phi) is 8.44. The Morgan fingerprint density at radius 3 is 2.52 bits per heavy atom. The van der Waals surface area contributed by atoms with Gasteiger partial charge in [0, 0.05) is 15.6 Å². The highest BCUT2D eigenvalue weighted by Crippen LogP contribution is 2.36. The number of thiazole rings is 1. The quantitative estimate of drug-likeness (QED) is 0.192. The molecule has 1 aromatic heterocycles. The zero-order valence-corrected chi connectivity index (χ0v) is 26.6. The summed E-state index contributed by atoms with van der Waals surface area (Å²) in [6, 6.07) is 20.3. The third-order valence-corrected chi connectivity index (χ3v) is 8.90. The third-order valence-electron chi connectivity index (χ3n) is 6.64. The van der Waals surface area contributed by atoms with Gasteiger partial charge in [-0.05, 0) is 64.8 Å². The lowest BCUT2D eigenvalue weighted by Crippen LogP contribution is -2.40. The molecular weight excluding hydrogens is 703 g/mol. The van der Waals surface area contributed by atoms with Crippen molar-refractivity contribution in [3.8, 4) is 5.75 Å². The number of fused-ring (bicyclic) bond motifs is 1. The molecule has 0 bridgehead atoms. The molecule has 5 rings (SSSR count). The Balaban J connectivity index is 1.83. The van der Waals surface area contributed by atoms with Crippen LogP contribution in [-0.4, -0.2) is 22.2 Å². The first kappa shape index (κ1) is 28.5. The smallest absolute Gasteiger partial charge is 0.338 e. The zero-order chi connectivity index (χ0) is 28.6. The third kappa shape index (κ3) is 5.46. The van der Waals surface area contributed by atoms with Crippen LogP contribution in [0.15, 0.2) is 86.6 Å². The molecular formula is C31H26BrIN2O4S. The van der Waals surface area contributed by atoms with Crippen LogP contribution in [-0.2, 0) is 9.53 Å². The Morgan fingerprint density at radius 2 is 1.88 bits per heavy atom. The standard InChI is InChI=1S/C31H26BrIN2O4S/c1-4-39-30(38)25-26(19-8-6-5-7-9-19)34-31-35(27(25)20-12-10-18(11-13-20)17(2)3)29(37)24(40-31)15-21-14-22(32)16-23(33)28(21)36/h5-17,27,36H,4H2,1-3H3/b24-15-/t27-/m0/s1. The average Bonchev–Trinajstić information content (AvgIpc) is 3.25. The molecule has 1 aliphatic rings. The van der Waals surface area contributed by atoms with Gasteiger partial charge in [-0.2, -0.15) is 0 Å². The fraction of sp³-hybridized carbons (Fsp3) is 0.194. The Morgan fingerprint density at radius 1 is 1.18 bits per heavy atom. The largest absolute Gasteiger partial charge is 0.506 e. The molecule has 0 unspecified atom stereocenters. The number of aromatic nitrogens is 1. The lowest BCUT2D eigenvalue weighted by molar-refractivity contribution is -0.138. The number of halogens is 2. The molecule has 0 spiro atoms. The van der Waals surface area contributed by atoms with Crippen LogP contribution in [0.3, 0.4) is 0 Å². The van der Waals surface area contributed by atoms with Gasteiger partial charge in [-0.3, -0.25) is 9.36 Å². The second-order valence-corrected chi connectivity index (χ2v) is 12.7. The van der Waals surface area contributed by atoms with E-state index < -0.39 is 12.0 Å². The van der Waals surface area contributed by atoms with Crippen molar-refractivity contribution in [2.24, 2.45) is 4.99 Å². The summed E-state index contributed by atoms with van der Waals surface area (Å²) < 4.78 is 8.93. The minimum absolute atomic E-state index is 0.0904. The fourth-order valence-electron chi connectivity index (χ4n) is 4.66. The maximum absolute atomic E-state index is 14.0. The van der Waals surface area contributed by atoms with E-state index in [1.165, 1.54) is 11.3 Å². The molecule has 1 aliphatic heterocycles. The molecule has 2 heterocycles. The van der Waals surface area contributed by atoms with Crippen molar-refractivity contribution in [1.29, 1.82) is 0 Å². The number of hydrogen-bond acceptors (Lipinski definition) is 6. The van der Waals surface area contributed by atoms with Crippen LogP contribution in [0.25, 0.3) is 11.8 Å². The van der Waals surface area contributed by atoms with Gasteiger partial charge in [0.15, 0.2) is 4.80 Å². The van der Waals surface area contributed by atoms with Crippen LogP contribution in [0.5, 0.6) is 5.75 Å². The van der Waals surface area contributed by atoms with E-state index in [0.29, 0.717) is 35.7 Å². The van der Waals surface area contributed by atoms with Crippen molar-refractivity contribution in [1.82, 2.24) is 4.57 Å². The minimum atomic E-state index is -0.745. The van der Waals surface area contributed by atoms with Crippen molar-refractivity contribution in [3.05, 3.63) is 122 Å². The normalized spacial score (nSPS) is 15.2. The predicted octanol–water partition coefficient (Wildman–Crippen LogP) is 6.13. The molecule has 204 valence electrons. The average molecular weight is 729 g/mol. The number of nitrogens with zero attached hydrogens (tertiary/aromatic N) is 2. The molecule has 4 aromatic rings. The van der Waals surface area contributed by atoms with E-state index in [9.17, 15) is 14.7 Å². The number of hydrogen-bond donors (Lipinski definition) is 1. The van der Waals surface area contributed by atoms with Gasteiger partial charge in [0.1, 0.15) is 5.75 Å². The maximum atomic E-state index is 14.0. The highest BCUT2D eigenvalue weighted by atomic mass is 127. The molecule has 1 atom stereocenters. The van der Waals surface area contributed by atoms with Crippen LogP contribution in [0.4, 0.5) is 0 Å². The number of phenolic OH excluding ortho intramolecular Hbond substituents is 1. The first-order valence-corrected chi connectivity index (χ1v) is 15.4. The Bertz CT molecular complexity index is 1810.